The zero-order valence-corrected chi connectivity index (χ0v) is 48.9. The predicted octanol–water partition coefficient (Wildman–Crippen LogP) is 9.49. The fraction of sp³-hybridized carbons (Fsp3) is 0.538. The van der Waals surface area contributed by atoms with Crippen LogP contribution in [0.3, 0.4) is 0 Å². The van der Waals surface area contributed by atoms with Crippen LogP contribution >= 0.6 is 0 Å². The number of piperidine rings is 4. The number of benzene rings is 3. The van der Waals surface area contributed by atoms with Gasteiger partial charge < -0.3 is 28.9 Å². The topological polar surface area (TPSA) is 187 Å². The van der Waals surface area contributed by atoms with Gasteiger partial charge in [0.15, 0.2) is 5.82 Å². The van der Waals surface area contributed by atoms with Crippen molar-refractivity contribution >= 4 is 56.7 Å². The van der Waals surface area contributed by atoms with Crippen LogP contribution in [0.2, 0.25) is 0 Å². The number of carbonyl (C=O) groups excluding carboxylic acids is 4. The van der Waals surface area contributed by atoms with Crippen LogP contribution < -0.4 is 15.7 Å². The Labute approximate surface area is 492 Å². The number of hydrogen-bond donors (Lipinski definition) is 1. The lowest BCUT2D eigenvalue weighted by Crippen LogP contribution is -2.49. The number of imidazole rings is 1. The lowest BCUT2D eigenvalue weighted by atomic mass is 9.86. The Morgan fingerprint density at radius 3 is 2.36 bits per heavy atom. The summed E-state index contributed by atoms with van der Waals surface area (Å²) in [5.41, 5.74) is 2.41. The van der Waals surface area contributed by atoms with Crippen LogP contribution in [-0.4, -0.2) is 149 Å². The average Bonchev–Trinajstić information content (AvgIpc) is 3.40. The van der Waals surface area contributed by atoms with Gasteiger partial charge in [-0.15, -0.1) is 6.42 Å². The maximum absolute atomic E-state index is 17.5. The van der Waals surface area contributed by atoms with Crippen molar-refractivity contribution in [3.63, 3.8) is 0 Å². The number of carbonyl (C=O) groups is 4. The monoisotopic (exact) mass is 1160 g/mol. The number of terminal acetylenes is 1. The summed E-state index contributed by atoms with van der Waals surface area (Å²) in [5, 5.41) is 3.87. The van der Waals surface area contributed by atoms with Gasteiger partial charge in [0.25, 0.3) is 0 Å². The highest BCUT2D eigenvalue weighted by atomic mass is 19.1. The molecule has 7 aliphatic rings. The third-order valence-corrected chi connectivity index (χ3v) is 19.8. The summed E-state index contributed by atoms with van der Waals surface area (Å²) in [7, 11) is 1.76. The number of amides is 4. The number of para-hydroxylation sites is 1. The molecule has 3 aromatic carbocycles. The quantitative estimate of drug-likeness (QED) is 0.0956. The highest BCUT2D eigenvalue weighted by molar-refractivity contribution is 6.02. The fourth-order valence-corrected chi connectivity index (χ4v) is 15.7. The molecule has 2 bridgehead atoms. The van der Waals surface area contributed by atoms with Gasteiger partial charge >= 0.3 is 23.9 Å². The highest BCUT2D eigenvalue weighted by Crippen LogP contribution is 2.47. The molecule has 6 aromatic rings. The maximum Gasteiger partial charge on any atom is 0.410 e. The van der Waals surface area contributed by atoms with Crippen molar-refractivity contribution in [3.8, 4) is 29.6 Å². The van der Waals surface area contributed by atoms with Crippen molar-refractivity contribution in [2.45, 2.75) is 158 Å². The van der Waals surface area contributed by atoms with Crippen molar-refractivity contribution in [3.05, 3.63) is 93.7 Å². The molecule has 5 atom stereocenters. The van der Waals surface area contributed by atoms with Crippen molar-refractivity contribution in [2.75, 3.05) is 52.5 Å². The average molecular weight is 1160 g/mol. The lowest BCUT2D eigenvalue weighted by molar-refractivity contribution is -0.135. The molecule has 1 N–H and O–H groups in total. The van der Waals surface area contributed by atoms with Gasteiger partial charge in [0.2, 0.25) is 11.8 Å². The van der Waals surface area contributed by atoms with Crippen molar-refractivity contribution in [1.29, 1.82) is 0 Å². The first kappa shape index (κ1) is 56.6. The summed E-state index contributed by atoms with van der Waals surface area (Å²) in [6.45, 7) is 11.0. The number of nitrogens with zero attached hydrogens (tertiary/aromatic N) is 9. The molecule has 7 saturated heterocycles. The summed E-state index contributed by atoms with van der Waals surface area (Å²) in [4.78, 5) is 88.8. The van der Waals surface area contributed by atoms with Gasteiger partial charge in [-0.2, -0.15) is 9.97 Å². The molecular formula is C65H74F2N10O8. The number of aryl methyl sites for hydroxylation is 1. The number of hydrogen-bond acceptors (Lipinski definition) is 13. The van der Waals surface area contributed by atoms with E-state index >= 15 is 8.78 Å². The normalized spacial score (nSPS) is 25.2. The van der Waals surface area contributed by atoms with E-state index in [4.69, 9.17) is 35.6 Å². The van der Waals surface area contributed by atoms with E-state index in [0.717, 1.165) is 107 Å². The van der Waals surface area contributed by atoms with Crippen LogP contribution in [0.5, 0.6) is 6.01 Å². The number of aromatic nitrogens is 5. The van der Waals surface area contributed by atoms with E-state index in [2.05, 4.69) is 27.1 Å². The predicted molar refractivity (Wildman–Crippen MR) is 315 cm³/mol. The molecule has 10 heterocycles. The van der Waals surface area contributed by atoms with Crippen molar-refractivity contribution < 1.29 is 42.2 Å². The van der Waals surface area contributed by atoms with Gasteiger partial charge in [0.05, 0.1) is 27.8 Å². The van der Waals surface area contributed by atoms with Crippen LogP contribution in [0.1, 0.15) is 145 Å². The summed E-state index contributed by atoms with van der Waals surface area (Å²) < 4.78 is 54.6. The summed E-state index contributed by atoms with van der Waals surface area (Å²) in [6, 6.07) is 13.3. The van der Waals surface area contributed by atoms with Crippen molar-refractivity contribution in [2.24, 2.45) is 13.0 Å². The number of rotatable bonds is 11. The zero-order valence-electron chi connectivity index (χ0n) is 48.9. The Balaban J connectivity index is 0.650. The minimum absolute atomic E-state index is 0.000786. The number of ether oxygens (including phenoxy) is 3. The second kappa shape index (κ2) is 22.4. The lowest BCUT2D eigenvalue weighted by Gasteiger charge is -2.39. The van der Waals surface area contributed by atoms with Gasteiger partial charge in [0.1, 0.15) is 41.9 Å². The second-order valence-electron chi connectivity index (χ2n) is 26.0. The number of likely N-dealkylation sites (tertiary alicyclic amines) is 2. The third-order valence-electron chi connectivity index (χ3n) is 19.8. The Hall–Kier alpha value is -7.50. The molecule has 7 aliphatic heterocycles. The van der Waals surface area contributed by atoms with Crippen molar-refractivity contribution in [1.82, 2.24) is 49.0 Å². The Morgan fingerprint density at radius 2 is 1.62 bits per heavy atom. The first-order chi connectivity index (χ1) is 41.0. The standard InChI is InChI=1S/C65H74F2N10O8/c1-6-45-49(66)17-14-40-10-7-12-47(53(40)45)56-54(67)57-48(34-68-56)55(41-32-42-15-16-43(33-41)76(42)63(82)85-64(2,3)4)70-60(71-57)84-37-65-25-9-27-75(65)44(20-26-65)36-83-62(81)74-30-21-38(22-31-74)35-73-28-23-39(24-29-73)46-11-8-13-50-58(46)72(5)61(80)77(50)51-18-19-52(78)69-59(51)79/h1,7-8,10-14,17,34,38-39,41-44,51H,9,15-16,18-33,35-37H2,2-5H3,(H,69,78,79)/t41?,42?,43?,44-,51?,65-/m0/s1. The maximum atomic E-state index is 17.5. The molecule has 3 aromatic heterocycles. The number of fused-ring (bicyclic) bond motifs is 6. The molecule has 0 spiro atoms. The van der Waals surface area contributed by atoms with Crippen LogP contribution in [-0.2, 0) is 26.1 Å². The highest BCUT2D eigenvalue weighted by Gasteiger charge is 2.51. The molecule has 446 valence electrons. The van der Waals surface area contributed by atoms with Crippen LogP contribution in [0, 0.1) is 29.9 Å². The Bertz CT molecular complexity index is 3750. The van der Waals surface area contributed by atoms with E-state index in [1.54, 1.807) is 46.6 Å². The van der Waals surface area contributed by atoms with E-state index in [1.165, 1.54) is 6.07 Å². The van der Waals surface area contributed by atoms with E-state index in [-0.39, 0.29) is 102 Å². The van der Waals surface area contributed by atoms with E-state index in [1.807, 2.05) is 42.7 Å². The number of nitrogens with one attached hydrogen (secondary N) is 1. The number of halogens is 2. The fourth-order valence-electron chi connectivity index (χ4n) is 15.7. The molecule has 0 saturated carbocycles. The molecule has 85 heavy (non-hydrogen) atoms. The molecule has 13 rings (SSSR count). The Kier molecular flexibility index (Phi) is 14.9. The molecule has 4 amide bonds. The van der Waals surface area contributed by atoms with Crippen LogP contribution in [0.15, 0.2) is 59.5 Å². The summed E-state index contributed by atoms with van der Waals surface area (Å²) in [6.07, 6.45) is 17.2. The van der Waals surface area contributed by atoms with Gasteiger partial charge in [-0.3, -0.25) is 33.9 Å². The number of imide groups is 1. The molecular weight excluding hydrogens is 1090 g/mol. The summed E-state index contributed by atoms with van der Waals surface area (Å²) >= 11 is 0. The van der Waals surface area contributed by atoms with Gasteiger partial charge in [-0.1, -0.05) is 42.3 Å². The molecule has 0 radical (unpaired) electrons. The molecule has 20 heteroatoms. The second-order valence-corrected chi connectivity index (χ2v) is 26.0. The van der Waals surface area contributed by atoms with Crippen LogP contribution in [0.4, 0.5) is 18.4 Å². The zero-order chi connectivity index (χ0) is 59.1. The SMILES string of the molecule is C#Cc1c(F)ccc2cccc(-c3ncc4c(C5CC6CCC(C5)N6C(=O)OC(C)(C)C)nc(OC[C@@]56CCCN5[C@H](COC(=O)N5CCC(CN7CCC(c8cccc9c8n(C)c(=O)n9C8CCC(=O)NC8=O)CC7)CC5)CC6)nc4c3F)c12. The first-order valence-electron chi connectivity index (χ1n) is 30.6. The molecule has 18 nitrogen and oxygen atoms in total. The van der Waals surface area contributed by atoms with E-state index in [0.29, 0.717) is 65.7 Å². The first-order valence-corrected chi connectivity index (χ1v) is 30.6. The smallest absolute Gasteiger partial charge is 0.410 e. The van der Waals surface area contributed by atoms with Gasteiger partial charge in [0, 0.05) is 79.7 Å². The molecule has 7 fully saturated rings. The third kappa shape index (κ3) is 10.5. The van der Waals surface area contributed by atoms with Gasteiger partial charge in [-0.05, 0) is 159 Å². The van der Waals surface area contributed by atoms with E-state index < -0.39 is 29.2 Å². The number of pyridine rings is 1. The summed E-state index contributed by atoms with van der Waals surface area (Å²) in [5.74, 6) is 0.982. The minimum atomic E-state index is -0.721. The molecule has 3 unspecified atom stereocenters. The molecule has 0 aliphatic carbocycles. The van der Waals surface area contributed by atoms with Crippen LogP contribution in [0.25, 0.3) is 44.0 Å². The van der Waals surface area contributed by atoms with Gasteiger partial charge in [-0.25, -0.2) is 23.2 Å². The Morgan fingerprint density at radius 1 is 0.859 bits per heavy atom. The van der Waals surface area contributed by atoms with E-state index in [9.17, 15) is 24.0 Å². The largest absolute Gasteiger partial charge is 0.461 e. The minimum Gasteiger partial charge on any atom is -0.461 e.